The summed E-state index contributed by atoms with van der Waals surface area (Å²) in [6, 6.07) is 16.1. The molecule has 21 heavy (non-hydrogen) atoms. The smallest absolute Gasteiger partial charge is 0.0565 e. The highest BCUT2D eigenvalue weighted by Crippen LogP contribution is 2.27. The van der Waals surface area contributed by atoms with Crippen LogP contribution in [0.2, 0.25) is 0 Å². The van der Waals surface area contributed by atoms with Crippen molar-refractivity contribution in [1.82, 2.24) is 5.32 Å². The Kier molecular flexibility index (Phi) is 4.27. The van der Waals surface area contributed by atoms with Gasteiger partial charge in [-0.1, -0.05) is 42.5 Å². The molecule has 1 aliphatic rings. The van der Waals surface area contributed by atoms with Crippen molar-refractivity contribution in [1.29, 1.82) is 0 Å². The number of hydrogen-bond donors (Lipinski definition) is 1. The molecule has 0 aromatic heterocycles. The highest BCUT2D eigenvalue weighted by Gasteiger charge is 2.25. The summed E-state index contributed by atoms with van der Waals surface area (Å²) >= 11 is 0. The van der Waals surface area contributed by atoms with Crippen LogP contribution in [-0.2, 0) is 4.74 Å². The molecule has 0 bridgehead atoms. The van der Waals surface area contributed by atoms with Gasteiger partial charge in [-0.3, -0.25) is 0 Å². The average molecular weight is 283 g/mol. The van der Waals surface area contributed by atoms with Crippen molar-refractivity contribution < 1.29 is 4.74 Å². The van der Waals surface area contributed by atoms with Gasteiger partial charge >= 0.3 is 0 Å². The molecule has 2 aromatic rings. The van der Waals surface area contributed by atoms with Gasteiger partial charge in [0.25, 0.3) is 0 Å². The molecule has 1 aliphatic heterocycles. The maximum absolute atomic E-state index is 5.83. The Hall–Kier alpha value is -1.38. The van der Waals surface area contributed by atoms with Crippen LogP contribution in [0, 0.1) is 0 Å². The molecule has 0 amide bonds. The largest absolute Gasteiger partial charge is 0.375 e. The minimum Gasteiger partial charge on any atom is -0.375 e. The summed E-state index contributed by atoms with van der Waals surface area (Å²) in [5.41, 5.74) is 1.39. The molecule has 0 radical (unpaired) electrons. The van der Waals surface area contributed by atoms with E-state index in [0.717, 1.165) is 12.8 Å². The molecule has 1 saturated heterocycles. The first-order chi connectivity index (χ1) is 10.1. The Morgan fingerprint density at radius 2 is 1.67 bits per heavy atom. The van der Waals surface area contributed by atoms with E-state index >= 15 is 0 Å². The number of hydrogen-bond acceptors (Lipinski definition) is 2. The van der Waals surface area contributed by atoms with Crippen LogP contribution >= 0.6 is 0 Å². The second-order valence-corrected chi connectivity index (χ2v) is 6.38. The van der Waals surface area contributed by atoms with Gasteiger partial charge in [-0.2, -0.15) is 0 Å². The summed E-state index contributed by atoms with van der Waals surface area (Å²) in [4.78, 5) is 0. The minimum absolute atomic E-state index is 0.353. The molecule has 1 heterocycles. The molecular formula is C19H25NO. The molecule has 1 fully saturated rings. The average Bonchev–Trinajstić information content (AvgIpc) is 2.45. The highest BCUT2D eigenvalue weighted by molar-refractivity contribution is 5.86. The number of ether oxygens (including phenoxy) is 1. The first-order valence-corrected chi connectivity index (χ1v) is 8.02. The second kappa shape index (κ2) is 6.17. The molecule has 3 unspecified atom stereocenters. The van der Waals surface area contributed by atoms with Crippen LogP contribution in [0.5, 0.6) is 0 Å². The number of rotatable bonds is 3. The second-order valence-electron chi connectivity index (χ2n) is 6.38. The lowest BCUT2D eigenvalue weighted by molar-refractivity contribution is -0.0433. The van der Waals surface area contributed by atoms with Crippen LogP contribution in [0.15, 0.2) is 42.5 Å². The summed E-state index contributed by atoms with van der Waals surface area (Å²) in [6.07, 6.45) is 2.90. The van der Waals surface area contributed by atoms with Gasteiger partial charge in [0.2, 0.25) is 0 Å². The Labute approximate surface area is 127 Å². The van der Waals surface area contributed by atoms with Crippen LogP contribution in [0.4, 0.5) is 0 Å². The molecule has 3 rings (SSSR count). The van der Waals surface area contributed by atoms with Gasteiger partial charge < -0.3 is 10.1 Å². The van der Waals surface area contributed by atoms with E-state index in [4.69, 9.17) is 4.74 Å². The zero-order valence-electron chi connectivity index (χ0n) is 13.2. The molecular weight excluding hydrogens is 258 g/mol. The molecule has 3 atom stereocenters. The van der Waals surface area contributed by atoms with E-state index in [1.54, 1.807) is 0 Å². The topological polar surface area (TPSA) is 21.3 Å². The SMILES string of the molecule is CC1CC(NC(C)c2cccc3ccccc23)CC(C)O1. The van der Waals surface area contributed by atoms with Gasteiger partial charge in [0.05, 0.1) is 12.2 Å². The summed E-state index contributed by atoms with van der Waals surface area (Å²) < 4.78 is 5.83. The lowest BCUT2D eigenvalue weighted by Gasteiger charge is -2.34. The lowest BCUT2D eigenvalue weighted by atomic mass is 9.95. The molecule has 2 aromatic carbocycles. The van der Waals surface area contributed by atoms with E-state index in [1.165, 1.54) is 16.3 Å². The van der Waals surface area contributed by atoms with Crippen molar-refractivity contribution >= 4 is 10.8 Å². The highest BCUT2D eigenvalue weighted by atomic mass is 16.5. The van der Waals surface area contributed by atoms with Crippen molar-refractivity contribution in [3.05, 3.63) is 48.0 Å². The van der Waals surface area contributed by atoms with Crippen molar-refractivity contribution in [3.8, 4) is 0 Å². The fourth-order valence-electron chi connectivity index (χ4n) is 3.61. The van der Waals surface area contributed by atoms with E-state index in [1.807, 2.05) is 0 Å². The van der Waals surface area contributed by atoms with Crippen LogP contribution in [-0.4, -0.2) is 18.2 Å². The third-order valence-electron chi connectivity index (χ3n) is 4.47. The fraction of sp³-hybridized carbons (Fsp3) is 0.474. The molecule has 0 spiro atoms. The van der Waals surface area contributed by atoms with E-state index in [0.29, 0.717) is 24.3 Å². The summed E-state index contributed by atoms with van der Waals surface area (Å²) in [5, 5.41) is 6.48. The molecule has 2 heteroatoms. The third kappa shape index (κ3) is 3.28. The van der Waals surface area contributed by atoms with E-state index < -0.39 is 0 Å². The number of nitrogens with one attached hydrogen (secondary N) is 1. The van der Waals surface area contributed by atoms with Crippen molar-refractivity contribution in [3.63, 3.8) is 0 Å². The van der Waals surface area contributed by atoms with Crippen molar-refractivity contribution in [2.24, 2.45) is 0 Å². The zero-order valence-corrected chi connectivity index (χ0v) is 13.2. The van der Waals surface area contributed by atoms with E-state index in [2.05, 4.69) is 68.6 Å². The van der Waals surface area contributed by atoms with Gasteiger partial charge in [0, 0.05) is 12.1 Å². The quantitative estimate of drug-likeness (QED) is 0.898. The molecule has 0 saturated carbocycles. The van der Waals surface area contributed by atoms with E-state index in [-0.39, 0.29) is 0 Å². The Balaban J connectivity index is 1.79. The first-order valence-electron chi connectivity index (χ1n) is 8.02. The monoisotopic (exact) mass is 283 g/mol. The van der Waals surface area contributed by atoms with Gasteiger partial charge in [0.15, 0.2) is 0 Å². The van der Waals surface area contributed by atoms with Crippen LogP contribution < -0.4 is 5.32 Å². The maximum Gasteiger partial charge on any atom is 0.0565 e. The summed E-state index contributed by atoms with van der Waals surface area (Å²) in [6.45, 7) is 6.62. The predicted octanol–water partition coefficient (Wildman–Crippen LogP) is 4.45. The Morgan fingerprint density at radius 1 is 1.00 bits per heavy atom. The normalized spacial score (nSPS) is 27.7. The fourth-order valence-corrected chi connectivity index (χ4v) is 3.61. The van der Waals surface area contributed by atoms with Crippen LogP contribution in [0.3, 0.4) is 0 Å². The third-order valence-corrected chi connectivity index (χ3v) is 4.47. The maximum atomic E-state index is 5.83. The molecule has 1 N–H and O–H groups in total. The predicted molar refractivity (Wildman–Crippen MR) is 88.5 cm³/mol. The van der Waals surface area contributed by atoms with E-state index in [9.17, 15) is 0 Å². The number of fused-ring (bicyclic) bond motifs is 1. The van der Waals surface area contributed by atoms with Crippen LogP contribution in [0.25, 0.3) is 10.8 Å². The standard InChI is InChI=1S/C19H25NO/c1-13-11-17(12-14(2)21-13)20-15(3)18-10-6-8-16-7-4-5-9-19(16)18/h4-10,13-15,17,20H,11-12H2,1-3H3. The Bertz CT molecular complexity index is 594. The summed E-state index contributed by atoms with van der Waals surface area (Å²) in [7, 11) is 0. The molecule has 112 valence electrons. The molecule has 2 nitrogen and oxygen atoms in total. The van der Waals surface area contributed by atoms with Gasteiger partial charge in [-0.25, -0.2) is 0 Å². The Morgan fingerprint density at radius 3 is 2.43 bits per heavy atom. The minimum atomic E-state index is 0.353. The summed E-state index contributed by atoms with van der Waals surface area (Å²) in [5.74, 6) is 0. The van der Waals surface area contributed by atoms with Gasteiger partial charge in [0.1, 0.15) is 0 Å². The number of benzene rings is 2. The molecule has 0 aliphatic carbocycles. The first kappa shape index (κ1) is 14.6. The van der Waals surface area contributed by atoms with Crippen molar-refractivity contribution in [2.45, 2.75) is 57.9 Å². The lowest BCUT2D eigenvalue weighted by Crippen LogP contribution is -2.42. The van der Waals surface area contributed by atoms with Gasteiger partial charge in [-0.15, -0.1) is 0 Å². The van der Waals surface area contributed by atoms with Crippen molar-refractivity contribution in [2.75, 3.05) is 0 Å². The van der Waals surface area contributed by atoms with Crippen LogP contribution in [0.1, 0.15) is 45.2 Å². The van der Waals surface area contributed by atoms with Gasteiger partial charge in [-0.05, 0) is 49.9 Å². The zero-order chi connectivity index (χ0) is 14.8.